The van der Waals surface area contributed by atoms with E-state index in [-0.39, 0.29) is 29.3 Å². The van der Waals surface area contributed by atoms with E-state index in [0.717, 1.165) is 11.0 Å². The number of carboxylic acid groups (broad SMARTS) is 1. The first-order valence-electron chi connectivity index (χ1n) is 7.03. The highest BCUT2D eigenvalue weighted by Gasteiger charge is 2.63. The van der Waals surface area contributed by atoms with Crippen molar-refractivity contribution in [3.05, 3.63) is 39.4 Å². The third-order valence-electron chi connectivity index (χ3n) is 4.86. The van der Waals surface area contributed by atoms with E-state index >= 15 is 0 Å². The van der Waals surface area contributed by atoms with Crippen LogP contribution in [0.15, 0.2) is 18.2 Å². The number of hydrogen-bond acceptors (Lipinski definition) is 5. The number of imide groups is 1. The van der Waals surface area contributed by atoms with Gasteiger partial charge in [-0.2, -0.15) is 0 Å². The lowest BCUT2D eigenvalue weighted by atomic mass is 10.1. The average Bonchev–Trinajstić information content (AvgIpc) is 2.94. The maximum atomic E-state index is 12.4. The van der Waals surface area contributed by atoms with Crippen LogP contribution in [0.4, 0.5) is 5.69 Å². The molecule has 1 aromatic rings. The molecule has 1 aromatic carbocycles. The van der Waals surface area contributed by atoms with Gasteiger partial charge in [0.15, 0.2) is 0 Å². The highest BCUT2D eigenvalue weighted by atomic mass is 16.6. The minimum absolute atomic E-state index is 0.00408. The minimum atomic E-state index is -0.952. The lowest BCUT2D eigenvalue weighted by molar-refractivity contribution is -0.384. The Bertz CT molecular complexity index is 769. The number of benzene rings is 1. The van der Waals surface area contributed by atoms with E-state index < -0.39 is 34.0 Å². The molecule has 1 N–H and O–H groups in total. The molecule has 2 atom stereocenters. The van der Waals surface area contributed by atoms with Crippen molar-refractivity contribution in [1.29, 1.82) is 0 Å². The molecular weight excluding hydrogens is 304 g/mol. The van der Waals surface area contributed by atoms with Gasteiger partial charge in [-0.15, -0.1) is 0 Å². The van der Waals surface area contributed by atoms with Crippen LogP contribution in [0.25, 0.3) is 0 Å². The van der Waals surface area contributed by atoms with E-state index in [2.05, 4.69) is 0 Å². The summed E-state index contributed by atoms with van der Waals surface area (Å²) in [6.07, 6.45) is 0. The molecular formula is C15H14N2O6. The Kier molecular flexibility index (Phi) is 3.03. The fraction of sp³-hybridized carbons (Fsp3) is 0.400. The van der Waals surface area contributed by atoms with Gasteiger partial charge in [0.2, 0.25) is 0 Å². The van der Waals surface area contributed by atoms with Gasteiger partial charge in [0.05, 0.1) is 22.0 Å². The summed E-state index contributed by atoms with van der Waals surface area (Å²) in [5.41, 5.74) is -0.643. The largest absolute Gasteiger partial charge is 0.481 e. The summed E-state index contributed by atoms with van der Waals surface area (Å²) in [6, 6.07) is 3.53. The van der Waals surface area contributed by atoms with Gasteiger partial charge in [0.1, 0.15) is 0 Å². The molecule has 1 fully saturated rings. The third-order valence-corrected chi connectivity index (χ3v) is 4.86. The van der Waals surface area contributed by atoms with Crippen LogP contribution in [-0.4, -0.2) is 39.3 Å². The van der Waals surface area contributed by atoms with E-state index in [1.54, 1.807) is 13.8 Å². The first-order chi connectivity index (χ1) is 10.7. The average molecular weight is 318 g/mol. The van der Waals surface area contributed by atoms with Crippen LogP contribution in [0.2, 0.25) is 0 Å². The molecule has 1 saturated carbocycles. The molecule has 120 valence electrons. The number of non-ortho nitro benzene ring substituents is 1. The first kappa shape index (κ1) is 15.1. The summed E-state index contributed by atoms with van der Waals surface area (Å²) in [5.74, 6) is -3.03. The molecule has 1 aliphatic heterocycles. The van der Waals surface area contributed by atoms with Gasteiger partial charge in [0.25, 0.3) is 17.5 Å². The summed E-state index contributed by atoms with van der Waals surface area (Å²) in [4.78, 5) is 47.0. The SMILES string of the molecule is CC1(C)C(CN2C(=O)c3ccc([N+](=O)[O-])cc3C2=O)C1C(=O)O. The summed E-state index contributed by atoms with van der Waals surface area (Å²) in [5, 5.41) is 20.0. The van der Waals surface area contributed by atoms with Crippen molar-refractivity contribution in [3.8, 4) is 0 Å². The van der Waals surface area contributed by atoms with Gasteiger partial charge in [-0.05, 0) is 17.4 Å². The lowest BCUT2D eigenvalue weighted by Crippen LogP contribution is -2.32. The van der Waals surface area contributed by atoms with Crippen LogP contribution in [-0.2, 0) is 4.79 Å². The van der Waals surface area contributed by atoms with E-state index in [0.29, 0.717) is 0 Å². The van der Waals surface area contributed by atoms with Crippen LogP contribution in [0, 0.1) is 27.4 Å². The topological polar surface area (TPSA) is 118 Å². The number of carboxylic acids is 1. The molecule has 0 radical (unpaired) electrons. The molecule has 0 bridgehead atoms. The Morgan fingerprint density at radius 1 is 1.30 bits per heavy atom. The number of hydrogen-bond donors (Lipinski definition) is 1. The van der Waals surface area contributed by atoms with Crippen LogP contribution < -0.4 is 0 Å². The van der Waals surface area contributed by atoms with Crippen molar-refractivity contribution < 1.29 is 24.4 Å². The van der Waals surface area contributed by atoms with E-state index in [4.69, 9.17) is 0 Å². The molecule has 0 spiro atoms. The zero-order chi connectivity index (χ0) is 17.1. The maximum Gasteiger partial charge on any atom is 0.307 e. The Morgan fingerprint density at radius 2 is 1.91 bits per heavy atom. The zero-order valence-corrected chi connectivity index (χ0v) is 12.5. The number of nitrogens with zero attached hydrogens (tertiary/aromatic N) is 2. The Hall–Kier alpha value is -2.77. The van der Waals surface area contributed by atoms with Crippen molar-refractivity contribution in [1.82, 2.24) is 4.90 Å². The Morgan fingerprint density at radius 3 is 2.43 bits per heavy atom. The number of carbonyl (C=O) groups is 3. The van der Waals surface area contributed by atoms with Gasteiger partial charge in [-0.25, -0.2) is 0 Å². The fourth-order valence-corrected chi connectivity index (χ4v) is 3.33. The van der Waals surface area contributed by atoms with Gasteiger partial charge >= 0.3 is 5.97 Å². The second kappa shape index (κ2) is 4.61. The maximum absolute atomic E-state index is 12.4. The number of amides is 2. The van der Waals surface area contributed by atoms with Crippen molar-refractivity contribution in [2.24, 2.45) is 17.3 Å². The number of nitro groups is 1. The molecule has 8 nitrogen and oxygen atoms in total. The summed E-state index contributed by atoms with van der Waals surface area (Å²) in [7, 11) is 0. The second-order valence-corrected chi connectivity index (χ2v) is 6.45. The van der Waals surface area contributed by atoms with Crippen molar-refractivity contribution >= 4 is 23.5 Å². The molecule has 1 aliphatic carbocycles. The molecule has 2 amide bonds. The molecule has 0 saturated heterocycles. The highest BCUT2D eigenvalue weighted by Crippen LogP contribution is 2.58. The van der Waals surface area contributed by atoms with Crippen LogP contribution in [0.1, 0.15) is 34.6 Å². The predicted octanol–water partition coefficient (Wildman–Crippen LogP) is 1.55. The van der Waals surface area contributed by atoms with E-state index in [9.17, 15) is 29.6 Å². The molecule has 3 rings (SSSR count). The smallest absolute Gasteiger partial charge is 0.307 e. The third kappa shape index (κ3) is 2.09. The molecule has 23 heavy (non-hydrogen) atoms. The van der Waals surface area contributed by atoms with Crippen molar-refractivity contribution in [2.75, 3.05) is 6.54 Å². The molecule has 2 unspecified atom stereocenters. The van der Waals surface area contributed by atoms with Gasteiger partial charge in [-0.3, -0.25) is 29.4 Å². The summed E-state index contributed by atoms with van der Waals surface area (Å²) in [6.45, 7) is 3.56. The highest BCUT2D eigenvalue weighted by molar-refractivity contribution is 6.21. The molecule has 2 aliphatic rings. The lowest BCUT2D eigenvalue weighted by Gasteiger charge is -2.14. The summed E-state index contributed by atoms with van der Waals surface area (Å²) >= 11 is 0. The fourth-order valence-electron chi connectivity index (χ4n) is 3.33. The minimum Gasteiger partial charge on any atom is -0.481 e. The quantitative estimate of drug-likeness (QED) is 0.511. The van der Waals surface area contributed by atoms with Crippen molar-refractivity contribution in [3.63, 3.8) is 0 Å². The van der Waals surface area contributed by atoms with Crippen molar-refractivity contribution in [2.45, 2.75) is 13.8 Å². The normalized spacial score (nSPS) is 24.5. The Labute approximate surface area is 130 Å². The van der Waals surface area contributed by atoms with Crippen LogP contribution in [0.3, 0.4) is 0 Å². The Balaban J connectivity index is 1.87. The van der Waals surface area contributed by atoms with Crippen LogP contribution in [0.5, 0.6) is 0 Å². The number of nitro benzene ring substituents is 1. The number of aliphatic carboxylic acids is 1. The molecule has 1 heterocycles. The van der Waals surface area contributed by atoms with Gasteiger partial charge < -0.3 is 5.11 Å². The standard InChI is InChI=1S/C15H14N2O6/c1-15(2)10(11(15)14(20)21)6-16-12(18)8-4-3-7(17(22)23)5-9(8)13(16)19/h3-5,10-11H,6H2,1-2H3,(H,20,21). The van der Waals surface area contributed by atoms with E-state index in [1.165, 1.54) is 12.1 Å². The molecule has 0 aromatic heterocycles. The van der Waals surface area contributed by atoms with Crippen LogP contribution >= 0.6 is 0 Å². The number of carbonyl (C=O) groups excluding carboxylic acids is 2. The monoisotopic (exact) mass is 318 g/mol. The molecule has 8 heteroatoms. The summed E-state index contributed by atoms with van der Waals surface area (Å²) < 4.78 is 0. The number of fused-ring (bicyclic) bond motifs is 1. The van der Waals surface area contributed by atoms with E-state index in [1.807, 2.05) is 0 Å². The zero-order valence-electron chi connectivity index (χ0n) is 12.5. The first-order valence-corrected chi connectivity index (χ1v) is 7.03. The number of rotatable bonds is 4. The second-order valence-electron chi connectivity index (χ2n) is 6.45. The van der Waals surface area contributed by atoms with Gasteiger partial charge in [-0.1, -0.05) is 13.8 Å². The predicted molar refractivity (Wildman–Crippen MR) is 76.9 cm³/mol. The van der Waals surface area contributed by atoms with Gasteiger partial charge in [0, 0.05) is 18.7 Å².